The maximum absolute atomic E-state index is 13.3. The van der Waals surface area contributed by atoms with Gasteiger partial charge in [-0.1, -0.05) is 54.2 Å². The number of hydrogen-bond donors (Lipinski definition) is 4. The molecule has 2 aliphatic heterocycles. The van der Waals surface area contributed by atoms with E-state index >= 15 is 0 Å². The molecule has 0 radical (unpaired) electrons. The first-order valence-electron chi connectivity index (χ1n) is 12.9. The van der Waals surface area contributed by atoms with Crippen LogP contribution in [0.25, 0.3) is 0 Å². The van der Waals surface area contributed by atoms with E-state index in [0.29, 0.717) is 12.2 Å². The van der Waals surface area contributed by atoms with E-state index < -0.39 is 42.6 Å². The van der Waals surface area contributed by atoms with E-state index in [9.17, 15) is 19.5 Å². The lowest BCUT2D eigenvalue weighted by Crippen LogP contribution is -2.58. The first kappa shape index (κ1) is 27.5. The van der Waals surface area contributed by atoms with Crippen molar-refractivity contribution in [2.24, 2.45) is 5.73 Å². The van der Waals surface area contributed by atoms with E-state index in [1.165, 1.54) is 4.90 Å². The van der Waals surface area contributed by atoms with Gasteiger partial charge < -0.3 is 35.8 Å². The molecule has 3 atom stereocenters. The second-order valence-corrected chi connectivity index (χ2v) is 10.6. The molecule has 2 aliphatic rings. The molecule has 11 heteroatoms. The smallest absolute Gasteiger partial charge is 0.258 e. The summed E-state index contributed by atoms with van der Waals surface area (Å²) >= 11 is 1.65. The van der Waals surface area contributed by atoms with Crippen LogP contribution in [0, 0.1) is 0 Å². The fraction of sp³-hybridized carbons (Fsp3) is 0.276. The molecule has 3 aromatic rings. The third kappa shape index (κ3) is 6.39. The number of fused-ring (bicyclic) bond motifs is 2. The highest BCUT2D eigenvalue weighted by Gasteiger charge is 2.40. The molecule has 3 amide bonds. The zero-order valence-corrected chi connectivity index (χ0v) is 22.4. The topological polar surface area (TPSA) is 143 Å². The minimum Gasteiger partial charge on any atom is -0.484 e. The van der Waals surface area contributed by atoms with Gasteiger partial charge in [-0.3, -0.25) is 14.4 Å². The van der Waals surface area contributed by atoms with Crippen molar-refractivity contribution in [1.82, 2.24) is 10.2 Å². The summed E-state index contributed by atoms with van der Waals surface area (Å²) in [6, 6.07) is 20.8. The predicted molar refractivity (Wildman–Crippen MR) is 149 cm³/mol. The summed E-state index contributed by atoms with van der Waals surface area (Å²) in [4.78, 5) is 41.8. The van der Waals surface area contributed by atoms with Gasteiger partial charge in [0.25, 0.3) is 5.91 Å². The first-order valence-corrected chi connectivity index (χ1v) is 13.7. The summed E-state index contributed by atoms with van der Waals surface area (Å²) in [5.74, 6) is -1.29. The minimum atomic E-state index is -1.26. The van der Waals surface area contributed by atoms with Crippen LogP contribution in [0.5, 0.6) is 5.75 Å². The number of anilines is 2. The Bertz CT molecular complexity index is 1390. The third-order valence-corrected chi connectivity index (χ3v) is 7.90. The number of carbonyl (C=O) groups is 3. The van der Waals surface area contributed by atoms with Gasteiger partial charge in [0.15, 0.2) is 12.9 Å². The first-order chi connectivity index (χ1) is 19.4. The number of aliphatic hydroxyl groups excluding tert-OH is 1. The molecule has 0 aromatic heterocycles. The molecule has 1 unspecified atom stereocenters. The molecule has 0 spiro atoms. The number of nitrogens with two attached hydrogens (primary N) is 1. The Labute approximate surface area is 235 Å². The van der Waals surface area contributed by atoms with Crippen LogP contribution < -0.4 is 21.1 Å². The fourth-order valence-corrected chi connectivity index (χ4v) is 5.74. The summed E-state index contributed by atoms with van der Waals surface area (Å²) < 4.78 is 10.9. The van der Waals surface area contributed by atoms with E-state index in [4.69, 9.17) is 15.2 Å². The maximum atomic E-state index is 13.3. The minimum absolute atomic E-state index is 0.164. The number of hydrogen-bond acceptors (Lipinski definition) is 8. The molecule has 5 rings (SSSR count). The molecule has 1 saturated heterocycles. The molecular weight excluding hydrogens is 532 g/mol. The Morgan fingerprint density at radius 2 is 1.82 bits per heavy atom. The standard InChI is InChI=1S/C29H30N4O6S/c30-28(36)23(14-18-6-2-1-3-7-18)33(22-12-13-38-29(22)37)27(35)16-31-26(34)17-39-19-10-11-25-21(15-19)32-20-8-4-5-9-24(20)40-25/h1-11,15,22-23,29,32,37H,12-14,16-17H2,(H2,30,36)(H,31,34)/t22-,23-,29?/m0/s1. The Hall–Kier alpha value is -4.06. The van der Waals surface area contributed by atoms with Crippen LogP contribution in [0.2, 0.25) is 0 Å². The summed E-state index contributed by atoms with van der Waals surface area (Å²) in [5.41, 5.74) is 8.39. The number of ether oxygens (including phenoxy) is 2. The SMILES string of the molecule is NC(=O)[C@H](Cc1ccccc1)N(C(=O)CNC(=O)COc1ccc2c(c1)Nc1ccccc1S2)[C@H]1CCOC1O. The lowest BCUT2D eigenvalue weighted by atomic mass is 10.0. The largest absolute Gasteiger partial charge is 0.484 e. The highest BCUT2D eigenvalue weighted by Crippen LogP contribution is 2.45. The van der Waals surface area contributed by atoms with Crippen LogP contribution in [0.1, 0.15) is 12.0 Å². The van der Waals surface area contributed by atoms with E-state index in [1.807, 2.05) is 66.7 Å². The lowest BCUT2D eigenvalue weighted by molar-refractivity contribution is -0.151. The molecule has 3 aromatic carbocycles. The molecule has 208 valence electrons. The molecule has 0 saturated carbocycles. The van der Waals surface area contributed by atoms with Gasteiger partial charge >= 0.3 is 0 Å². The van der Waals surface area contributed by atoms with Gasteiger partial charge in [-0.2, -0.15) is 0 Å². The van der Waals surface area contributed by atoms with Gasteiger partial charge in [0.2, 0.25) is 11.8 Å². The van der Waals surface area contributed by atoms with Crippen molar-refractivity contribution in [2.75, 3.05) is 25.1 Å². The van der Waals surface area contributed by atoms with Crippen LogP contribution in [-0.4, -0.2) is 65.9 Å². The number of aliphatic hydroxyl groups is 1. The Morgan fingerprint density at radius 1 is 1.07 bits per heavy atom. The fourth-order valence-electron chi connectivity index (χ4n) is 4.78. The average Bonchev–Trinajstić information content (AvgIpc) is 3.38. The number of nitrogens with one attached hydrogen (secondary N) is 2. The van der Waals surface area contributed by atoms with Gasteiger partial charge in [-0.15, -0.1) is 0 Å². The zero-order valence-electron chi connectivity index (χ0n) is 21.6. The van der Waals surface area contributed by atoms with Crippen molar-refractivity contribution in [2.45, 2.75) is 41.0 Å². The van der Waals surface area contributed by atoms with Gasteiger partial charge in [0, 0.05) is 22.3 Å². The summed E-state index contributed by atoms with van der Waals surface area (Å²) in [5, 5.41) is 16.3. The molecular formula is C29H30N4O6S. The monoisotopic (exact) mass is 562 g/mol. The number of rotatable bonds is 10. The van der Waals surface area contributed by atoms with Gasteiger partial charge in [-0.05, 0) is 36.2 Å². The normalized spacial score (nSPS) is 18.0. The zero-order chi connectivity index (χ0) is 28.1. The second-order valence-electron chi connectivity index (χ2n) is 9.47. The van der Waals surface area contributed by atoms with E-state index in [-0.39, 0.29) is 19.6 Å². The van der Waals surface area contributed by atoms with Crippen molar-refractivity contribution in [1.29, 1.82) is 0 Å². The number of amides is 3. The average molecular weight is 563 g/mol. The van der Waals surface area contributed by atoms with E-state index in [1.54, 1.807) is 17.8 Å². The van der Waals surface area contributed by atoms with Crippen molar-refractivity contribution < 1.29 is 29.0 Å². The van der Waals surface area contributed by atoms with Crippen LogP contribution in [0.3, 0.4) is 0 Å². The molecule has 0 bridgehead atoms. The highest BCUT2D eigenvalue weighted by molar-refractivity contribution is 7.99. The number of nitrogens with zero attached hydrogens (tertiary/aromatic N) is 1. The van der Waals surface area contributed by atoms with Crippen molar-refractivity contribution in [3.8, 4) is 5.75 Å². The number of para-hydroxylation sites is 1. The van der Waals surface area contributed by atoms with Crippen molar-refractivity contribution >= 4 is 40.9 Å². The van der Waals surface area contributed by atoms with E-state index in [2.05, 4.69) is 10.6 Å². The van der Waals surface area contributed by atoms with Gasteiger partial charge in [0.05, 0.1) is 30.6 Å². The third-order valence-electron chi connectivity index (χ3n) is 6.75. The second kappa shape index (κ2) is 12.4. The predicted octanol–water partition coefficient (Wildman–Crippen LogP) is 2.42. The van der Waals surface area contributed by atoms with Crippen LogP contribution in [-0.2, 0) is 25.5 Å². The summed E-state index contributed by atoms with van der Waals surface area (Å²) in [6.45, 7) is -0.482. The van der Waals surface area contributed by atoms with Crippen LogP contribution in [0.15, 0.2) is 82.6 Å². The van der Waals surface area contributed by atoms with Crippen LogP contribution in [0.4, 0.5) is 11.4 Å². The van der Waals surface area contributed by atoms with Crippen molar-refractivity contribution in [3.63, 3.8) is 0 Å². The quantitative estimate of drug-likeness (QED) is 0.231. The van der Waals surface area contributed by atoms with Crippen LogP contribution >= 0.6 is 11.8 Å². The van der Waals surface area contributed by atoms with Gasteiger partial charge in [0.1, 0.15) is 11.8 Å². The molecule has 1 fully saturated rings. The van der Waals surface area contributed by atoms with Crippen molar-refractivity contribution in [3.05, 3.63) is 78.4 Å². The lowest BCUT2D eigenvalue weighted by Gasteiger charge is -2.35. The number of primary amides is 1. The Morgan fingerprint density at radius 3 is 2.58 bits per heavy atom. The molecule has 10 nitrogen and oxygen atoms in total. The Balaban J connectivity index is 1.20. The number of benzene rings is 3. The summed E-state index contributed by atoms with van der Waals surface area (Å²) in [6.07, 6.45) is -0.766. The molecule has 5 N–H and O–H groups in total. The molecule has 0 aliphatic carbocycles. The Kier molecular flexibility index (Phi) is 8.54. The molecule has 40 heavy (non-hydrogen) atoms. The number of carbonyl (C=O) groups excluding carboxylic acids is 3. The summed E-state index contributed by atoms with van der Waals surface area (Å²) in [7, 11) is 0. The maximum Gasteiger partial charge on any atom is 0.258 e. The van der Waals surface area contributed by atoms with Gasteiger partial charge in [-0.25, -0.2) is 0 Å². The highest BCUT2D eigenvalue weighted by atomic mass is 32.2. The van der Waals surface area contributed by atoms with E-state index in [0.717, 1.165) is 26.7 Å². The molecule has 2 heterocycles.